The molecular weight excluding hydrogens is 396 g/mol. The van der Waals surface area contributed by atoms with Crippen LogP contribution in [0.1, 0.15) is 17.5 Å². The molecule has 2 aromatic heterocycles. The highest BCUT2D eigenvalue weighted by Crippen LogP contribution is 2.24. The molecule has 0 aliphatic carbocycles. The van der Waals surface area contributed by atoms with Gasteiger partial charge in [-0.15, -0.1) is 0 Å². The largest absolute Gasteiger partial charge is 0.309 e. The van der Waals surface area contributed by atoms with Crippen molar-refractivity contribution >= 4 is 21.2 Å². The number of hydrogen-bond donors (Lipinski definition) is 1. The summed E-state index contributed by atoms with van der Waals surface area (Å²) in [6, 6.07) is 18.9. The molecule has 0 radical (unpaired) electrons. The number of sulfonamides is 1. The van der Waals surface area contributed by atoms with Crippen LogP contribution in [0.15, 0.2) is 71.8 Å². The van der Waals surface area contributed by atoms with Crippen molar-refractivity contribution < 1.29 is 8.42 Å². The van der Waals surface area contributed by atoms with E-state index in [-0.39, 0.29) is 4.90 Å². The van der Waals surface area contributed by atoms with Gasteiger partial charge < -0.3 is 4.57 Å². The summed E-state index contributed by atoms with van der Waals surface area (Å²) in [7, 11) is -3.52. The number of fused-ring (bicyclic) bond motifs is 1. The van der Waals surface area contributed by atoms with Crippen LogP contribution in [0.5, 0.6) is 0 Å². The van der Waals surface area contributed by atoms with E-state index < -0.39 is 10.0 Å². The third-order valence-electron chi connectivity index (χ3n) is 5.00. The summed E-state index contributed by atoms with van der Waals surface area (Å²) < 4.78 is 29.7. The average molecular weight is 421 g/mol. The van der Waals surface area contributed by atoms with Crippen molar-refractivity contribution in [1.29, 1.82) is 0 Å². The highest BCUT2D eigenvalue weighted by atomic mass is 32.2. The van der Waals surface area contributed by atoms with Crippen molar-refractivity contribution in [1.82, 2.24) is 19.3 Å². The van der Waals surface area contributed by atoms with E-state index in [1.807, 2.05) is 31.2 Å². The molecule has 0 spiro atoms. The van der Waals surface area contributed by atoms with Crippen molar-refractivity contribution in [3.05, 3.63) is 78.0 Å². The van der Waals surface area contributed by atoms with E-state index in [0.717, 1.165) is 28.1 Å². The lowest BCUT2D eigenvalue weighted by molar-refractivity contribution is 0.572. The van der Waals surface area contributed by atoms with Gasteiger partial charge in [-0.05, 0) is 44.5 Å². The van der Waals surface area contributed by atoms with E-state index in [4.69, 9.17) is 4.98 Å². The molecular formula is C23H24N4O2S. The smallest absolute Gasteiger partial charge is 0.240 e. The van der Waals surface area contributed by atoms with Crippen LogP contribution in [0, 0.1) is 13.8 Å². The van der Waals surface area contributed by atoms with E-state index in [1.165, 1.54) is 5.56 Å². The predicted molar refractivity (Wildman–Crippen MR) is 119 cm³/mol. The molecule has 6 nitrogen and oxygen atoms in total. The van der Waals surface area contributed by atoms with Crippen molar-refractivity contribution in [3.63, 3.8) is 0 Å². The lowest BCUT2D eigenvalue weighted by atomic mass is 10.1. The lowest BCUT2D eigenvalue weighted by Crippen LogP contribution is -2.25. The minimum atomic E-state index is -3.52. The fraction of sp³-hybridized carbons (Fsp3) is 0.217. The van der Waals surface area contributed by atoms with Crippen molar-refractivity contribution in [2.45, 2.75) is 31.7 Å². The van der Waals surface area contributed by atoms with E-state index >= 15 is 0 Å². The zero-order valence-electron chi connectivity index (χ0n) is 17.0. The average Bonchev–Trinajstić information content (AvgIpc) is 3.11. The highest BCUT2D eigenvalue weighted by Gasteiger charge is 2.15. The van der Waals surface area contributed by atoms with Gasteiger partial charge in [0.2, 0.25) is 10.0 Å². The van der Waals surface area contributed by atoms with Gasteiger partial charge >= 0.3 is 0 Å². The summed E-state index contributed by atoms with van der Waals surface area (Å²) in [5, 5.41) is 0. The fourth-order valence-electron chi connectivity index (χ4n) is 3.34. The molecule has 1 N–H and O–H groups in total. The van der Waals surface area contributed by atoms with E-state index in [1.54, 1.807) is 30.5 Å². The molecule has 30 heavy (non-hydrogen) atoms. The number of nitrogens with one attached hydrogen (secondary N) is 1. The molecule has 0 aliphatic heterocycles. The molecule has 0 atom stereocenters. The minimum Gasteiger partial charge on any atom is -0.309 e. The summed E-state index contributed by atoms with van der Waals surface area (Å²) >= 11 is 0. The fourth-order valence-corrected chi connectivity index (χ4v) is 4.41. The number of aromatic nitrogens is 3. The van der Waals surface area contributed by atoms with Crippen LogP contribution < -0.4 is 4.72 Å². The Morgan fingerprint density at radius 1 is 0.933 bits per heavy atom. The summed E-state index contributed by atoms with van der Waals surface area (Å²) in [5.74, 6) is 0.838. The number of pyridine rings is 1. The minimum absolute atomic E-state index is 0.281. The lowest BCUT2D eigenvalue weighted by Gasteiger charge is -2.10. The van der Waals surface area contributed by atoms with Crippen LogP contribution in [0.25, 0.3) is 22.6 Å². The molecule has 0 saturated heterocycles. The number of benzene rings is 2. The standard InChI is InChI=1S/C23H24N4O2S/c1-17-6-10-19(11-7-17)22-26-21-5-3-14-24-23(21)27(22)16-4-15-25-30(28,29)20-12-8-18(2)9-13-20/h3,5-14,25H,4,15-16H2,1-2H3. The predicted octanol–water partition coefficient (Wildman–Crippen LogP) is 4.08. The van der Waals surface area contributed by atoms with Crippen LogP contribution in [-0.2, 0) is 16.6 Å². The number of nitrogens with zero attached hydrogens (tertiary/aromatic N) is 3. The quantitative estimate of drug-likeness (QED) is 0.457. The number of hydrogen-bond acceptors (Lipinski definition) is 4. The first kappa shape index (κ1) is 20.3. The van der Waals surface area contributed by atoms with Gasteiger partial charge in [0.15, 0.2) is 5.65 Å². The maximum Gasteiger partial charge on any atom is 0.240 e. The Hall–Kier alpha value is -3.03. The summed E-state index contributed by atoms with van der Waals surface area (Å²) in [6.07, 6.45) is 2.37. The Labute approximate surface area is 176 Å². The van der Waals surface area contributed by atoms with Gasteiger partial charge in [0.25, 0.3) is 0 Å². The molecule has 0 bridgehead atoms. The van der Waals surface area contributed by atoms with Crippen LogP contribution in [0.2, 0.25) is 0 Å². The molecule has 2 aromatic carbocycles. The molecule has 4 aromatic rings. The Bertz CT molecular complexity index is 1260. The van der Waals surface area contributed by atoms with Gasteiger partial charge in [0.05, 0.1) is 4.90 Å². The second-order valence-corrected chi connectivity index (χ2v) is 9.13. The van der Waals surface area contributed by atoms with Crippen LogP contribution >= 0.6 is 0 Å². The third-order valence-corrected chi connectivity index (χ3v) is 6.47. The Kier molecular flexibility index (Phi) is 5.65. The number of imidazole rings is 1. The third kappa shape index (κ3) is 4.27. The summed E-state index contributed by atoms with van der Waals surface area (Å²) in [4.78, 5) is 9.53. The summed E-state index contributed by atoms with van der Waals surface area (Å²) in [6.45, 7) is 4.91. The van der Waals surface area contributed by atoms with E-state index in [2.05, 4.69) is 33.3 Å². The van der Waals surface area contributed by atoms with Gasteiger partial charge in [-0.3, -0.25) is 0 Å². The number of aryl methyl sites for hydroxylation is 3. The van der Waals surface area contributed by atoms with Crippen LogP contribution in [0.4, 0.5) is 0 Å². The topological polar surface area (TPSA) is 76.9 Å². The second kappa shape index (κ2) is 8.38. The molecule has 0 saturated carbocycles. The Morgan fingerprint density at radius 3 is 2.30 bits per heavy atom. The van der Waals surface area contributed by atoms with E-state index in [9.17, 15) is 8.42 Å². The molecule has 0 fully saturated rings. The molecule has 0 amide bonds. The normalized spacial score (nSPS) is 11.8. The van der Waals surface area contributed by atoms with Gasteiger partial charge in [0.1, 0.15) is 11.3 Å². The monoisotopic (exact) mass is 420 g/mol. The Morgan fingerprint density at radius 2 is 1.60 bits per heavy atom. The Balaban J connectivity index is 1.52. The van der Waals surface area contributed by atoms with E-state index in [0.29, 0.717) is 19.5 Å². The zero-order valence-corrected chi connectivity index (χ0v) is 17.9. The molecule has 154 valence electrons. The molecule has 4 rings (SSSR count). The van der Waals surface area contributed by atoms with Crippen molar-refractivity contribution in [2.24, 2.45) is 0 Å². The van der Waals surface area contributed by atoms with Crippen molar-refractivity contribution in [2.75, 3.05) is 6.54 Å². The molecule has 0 unspecified atom stereocenters. The van der Waals surface area contributed by atoms with Crippen LogP contribution in [-0.4, -0.2) is 29.5 Å². The van der Waals surface area contributed by atoms with Crippen molar-refractivity contribution in [3.8, 4) is 11.4 Å². The van der Waals surface area contributed by atoms with Crippen LogP contribution in [0.3, 0.4) is 0 Å². The maximum atomic E-state index is 12.5. The second-order valence-electron chi connectivity index (χ2n) is 7.36. The van der Waals surface area contributed by atoms with Gasteiger partial charge in [-0.2, -0.15) is 0 Å². The summed E-state index contributed by atoms with van der Waals surface area (Å²) in [5.41, 5.74) is 4.85. The first-order chi connectivity index (χ1) is 14.4. The first-order valence-corrected chi connectivity index (χ1v) is 11.4. The van der Waals surface area contributed by atoms with Gasteiger partial charge in [0, 0.05) is 24.8 Å². The molecule has 7 heteroatoms. The SMILES string of the molecule is Cc1ccc(-c2nc3cccnc3n2CCCNS(=O)(=O)c2ccc(C)cc2)cc1. The van der Waals surface area contributed by atoms with Gasteiger partial charge in [-0.1, -0.05) is 47.5 Å². The molecule has 2 heterocycles. The maximum absolute atomic E-state index is 12.5. The highest BCUT2D eigenvalue weighted by molar-refractivity contribution is 7.89. The molecule has 0 aliphatic rings. The zero-order chi connectivity index (χ0) is 21.1. The van der Waals surface area contributed by atoms with Gasteiger partial charge in [-0.25, -0.2) is 23.1 Å². The number of rotatable bonds is 7. The first-order valence-electron chi connectivity index (χ1n) is 9.89.